The largest absolute Gasteiger partial charge is 0.326 e. The van der Waals surface area contributed by atoms with Gasteiger partial charge in [0.25, 0.3) is 0 Å². The molecule has 0 aromatic rings. The van der Waals surface area contributed by atoms with Crippen LogP contribution in [0.1, 0.15) is 46.0 Å². The normalized spacial score (nSPS) is 25.6. The average molecular weight is 210 g/mol. The first-order valence-electron chi connectivity index (χ1n) is 6.71. The Balaban J connectivity index is 1.70. The number of rotatable bonds is 7. The van der Waals surface area contributed by atoms with Crippen LogP contribution in [-0.2, 0) is 0 Å². The highest BCUT2D eigenvalue weighted by atomic mass is 15.0. The van der Waals surface area contributed by atoms with Gasteiger partial charge in [-0.25, -0.2) is 0 Å². The molecule has 0 aromatic heterocycles. The van der Waals surface area contributed by atoms with Crippen LogP contribution < -0.4 is 11.1 Å². The minimum absolute atomic E-state index is 0.343. The molecule has 3 N–H and O–H groups in total. The monoisotopic (exact) mass is 210 g/mol. The fourth-order valence-corrected chi connectivity index (χ4v) is 2.41. The number of nitrogens with one attached hydrogen (secondary N) is 1. The van der Waals surface area contributed by atoms with Crippen molar-refractivity contribution >= 4 is 0 Å². The SMILES string of the molecule is CCC(C)C(N)CNC(C1CC1)C1CC1. The van der Waals surface area contributed by atoms with E-state index in [1.54, 1.807) is 0 Å². The second kappa shape index (κ2) is 4.84. The van der Waals surface area contributed by atoms with E-state index in [4.69, 9.17) is 5.73 Å². The van der Waals surface area contributed by atoms with Crippen LogP contribution in [0.2, 0.25) is 0 Å². The lowest BCUT2D eigenvalue weighted by Gasteiger charge is -2.23. The first-order chi connectivity index (χ1) is 7.22. The van der Waals surface area contributed by atoms with E-state index in [-0.39, 0.29) is 0 Å². The first-order valence-corrected chi connectivity index (χ1v) is 6.71. The van der Waals surface area contributed by atoms with Gasteiger partial charge in [0.2, 0.25) is 0 Å². The molecule has 2 heteroatoms. The van der Waals surface area contributed by atoms with E-state index < -0.39 is 0 Å². The minimum Gasteiger partial charge on any atom is -0.326 e. The van der Waals surface area contributed by atoms with Crippen molar-refractivity contribution in [2.75, 3.05) is 6.54 Å². The Morgan fingerprint density at radius 1 is 1.20 bits per heavy atom. The summed E-state index contributed by atoms with van der Waals surface area (Å²) in [5.41, 5.74) is 6.15. The zero-order valence-electron chi connectivity index (χ0n) is 10.2. The molecule has 2 atom stereocenters. The van der Waals surface area contributed by atoms with Gasteiger partial charge in [0.05, 0.1) is 0 Å². The lowest BCUT2D eigenvalue weighted by atomic mass is 9.99. The lowest BCUT2D eigenvalue weighted by molar-refractivity contribution is 0.357. The van der Waals surface area contributed by atoms with Gasteiger partial charge in [-0.3, -0.25) is 0 Å². The molecule has 0 radical (unpaired) electrons. The van der Waals surface area contributed by atoms with E-state index >= 15 is 0 Å². The first kappa shape index (κ1) is 11.4. The average Bonchev–Trinajstić information content (AvgIpc) is 3.07. The third kappa shape index (κ3) is 3.18. The molecule has 2 nitrogen and oxygen atoms in total. The quantitative estimate of drug-likeness (QED) is 0.675. The summed E-state index contributed by atoms with van der Waals surface area (Å²) in [4.78, 5) is 0. The van der Waals surface area contributed by atoms with Crippen LogP contribution >= 0.6 is 0 Å². The van der Waals surface area contributed by atoms with Crippen molar-refractivity contribution in [1.82, 2.24) is 5.32 Å². The van der Waals surface area contributed by atoms with Crippen molar-refractivity contribution in [2.24, 2.45) is 23.5 Å². The Labute approximate surface area is 94.0 Å². The number of hydrogen-bond acceptors (Lipinski definition) is 2. The summed E-state index contributed by atoms with van der Waals surface area (Å²) in [6.45, 7) is 5.51. The van der Waals surface area contributed by atoms with Crippen LogP contribution in [0.3, 0.4) is 0 Å². The predicted octanol–water partition coefficient (Wildman–Crippen LogP) is 2.14. The van der Waals surface area contributed by atoms with Crippen molar-refractivity contribution in [3.05, 3.63) is 0 Å². The Kier molecular flexibility index (Phi) is 3.68. The van der Waals surface area contributed by atoms with Crippen LogP contribution in [0.15, 0.2) is 0 Å². The highest BCUT2D eigenvalue weighted by Crippen LogP contribution is 2.44. The van der Waals surface area contributed by atoms with Gasteiger partial charge in [-0.2, -0.15) is 0 Å². The second-order valence-electron chi connectivity index (χ2n) is 5.66. The Morgan fingerprint density at radius 3 is 2.13 bits per heavy atom. The van der Waals surface area contributed by atoms with Crippen molar-refractivity contribution in [3.63, 3.8) is 0 Å². The van der Waals surface area contributed by atoms with Crippen molar-refractivity contribution < 1.29 is 0 Å². The van der Waals surface area contributed by atoms with Crippen LogP contribution in [-0.4, -0.2) is 18.6 Å². The van der Waals surface area contributed by atoms with Gasteiger partial charge < -0.3 is 11.1 Å². The third-order valence-electron chi connectivity index (χ3n) is 4.22. The van der Waals surface area contributed by atoms with Crippen molar-refractivity contribution in [1.29, 1.82) is 0 Å². The highest BCUT2D eigenvalue weighted by Gasteiger charge is 2.41. The van der Waals surface area contributed by atoms with E-state index in [9.17, 15) is 0 Å². The lowest BCUT2D eigenvalue weighted by Crippen LogP contribution is -2.44. The summed E-state index contributed by atoms with van der Waals surface area (Å²) in [6, 6.07) is 1.15. The molecule has 2 aliphatic rings. The van der Waals surface area contributed by atoms with Gasteiger partial charge >= 0.3 is 0 Å². The molecule has 2 aliphatic carbocycles. The number of hydrogen-bond donors (Lipinski definition) is 2. The molecule has 0 saturated heterocycles. The van der Waals surface area contributed by atoms with E-state index in [0.717, 1.165) is 24.4 Å². The summed E-state index contributed by atoms with van der Waals surface area (Å²) < 4.78 is 0. The molecule has 0 heterocycles. The molecule has 2 unspecified atom stereocenters. The molecular weight excluding hydrogens is 184 g/mol. The summed E-state index contributed by atoms with van der Waals surface area (Å²) >= 11 is 0. The van der Waals surface area contributed by atoms with Gasteiger partial charge in [-0.1, -0.05) is 20.3 Å². The second-order valence-corrected chi connectivity index (χ2v) is 5.66. The van der Waals surface area contributed by atoms with Crippen LogP contribution in [0.5, 0.6) is 0 Å². The molecule has 2 rings (SSSR count). The summed E-state index contributed by atoms with van der Waals surface area (Å²) in [5, 5.41) is 3.73. The Hall–Kier alpha value is -0.0800. The smallest absolute Gasteiger partial charge is 0.0191 e. The molecule has 88 valence electrons. The van der Waals surface area contributed by atoms with Crippen LogP contribution in [0.25, 0.3) is 0 Å². The zero-order valence-corrected chi connectivity index (χ0v) is 10.2. The third-order valence-corrected chi connectivity index (χ3v) is 4.22. The Bertz CT molecular complexity index is 185. The maximum atomic E-state index is 6.15. The summed E-state index contributed by atoms with van der Waals surface area (Å²) in [7, 11) is 0. The molecular formula is C13H26N2. The molecule has 0 aromatic carbocycles. The molecule has 2 saturated carbocycles. The van der Waals surface area contributed by atoms with E-state index in [2.05, 4.69) is 19.2 Å². The molecule has 15 heavy (non-hydrogen) atoms. The standard InChI is InChI=1S/C13H26N2/c1-3-9(2)12(14)8-15-13(10-4-5-10)11-6-7-11/h9-13,15H,3-8,14H2,1-2H3. The topological polar surface area (TPSA) is 38.0 Å². The van der Waals surface area contributed by atoms with Crippen molar-refractivity contribution in [2.45, 2.75) is 58.0 Å². The molecule has 0 aliphatic heterocycles. The van der Waals surface area contributed by atoms with Gasteiger partial charge in [0, 0.05) is 18.6 Å². The van der Waals surface area contributed by atoms with Gasteiger partial charge in [-0.15, -0.1) is 0 Å². The maximum Gasteiger partial charge on any atom is 0.0191 e. The van der Waals surface area contributed by atoms with E-state index in [0.29, 0.717) is 12.0 Å². The fourth-order valence-electron chi connectivity index (χ4n) is 2.41. The highest BCUT2D eigenvalue weighted by molar-refractivity contribution is 4.96. The summed E-state index contributed by atoms with van der Waals surface area (Å²) in [6.07, 6.45) is 7.00. The fraction of sp³-hybridized carbons (Fsp3) is 1.00. The Morgan fingerprint density at radius 2 is 1.73 bits per heavy atom. The molecule has 0 spiro atoms. The predicted molar refractivity (Wildman–Crippen MR) is 64.7 cm³/mol. The van der Waals surface area contributed by atoms with Gasteiger partial charge in [-0.05, 0) is 43.4 Å². The maximum absolute atomic E-state index is 6.15. The van der Waals surface area contributed by atoms with Crippen LogP contribution in [0.4, 0.5) is 0 Å². The molecule has 2 fully saturated rings. The zero-order chi connectivity index (χ0) is 10.8. The van der Waals surface area contributed by atoms with Crippen LogP contribution in [0, 0.1) is 17.8 Å². The van der Waals surface area contributed by atoms with E-state index in [1.807, 2.05) is 0 Å². The van der Waals surface area contributed by atoms with Gasteiger partial charge in [0.15, 0.2) is 0 Å². The molecule has 0 amide bonds. The molecule has 0 bridgehead atoms. The minimum atomic E-state index is 0.343. The van der Waals surface area contributed by atoms with E-state index in [1.165, 1.54) is 32.1 Å². The van der Waals surface area contributed by atoms with Gasteiger partial charge in [0.1, 0.15) is 0 Å². The summed E-state index contributed by atoms with van der Waals surface area (Å²) in [5.74, 6) is 2.62. The van der Waals surface area contributed by atoms with Crippen molar-refractivity contribution in [3.8, 4) is 0 Å². The number of nitrogens with two attached hydrogens (primary N) is 1.